The minimum atomic E-state index is -0.0996. The molecule has 0 saturated carbocycles. The quantitative estimate of drug-likeness (QED) is 0.0955. The van der Waals surface area contributed by atoms with E-state index in [1.165, 1.54) is 82.0 Å². The number of fused-ring (bicyclic) bond motifs is 8. The lowest BCUT2D eigenvalue weighted by Crippen LogP contribution is -2.61. The molecule has 2 aliphatic rings. The highest BCUT2D eigenvalue weighted by Crippen LogP contribution is 2.48. The van der Waals surface area contributed by atoms with Gasteiger partial charge in [0.2, 0.25) is 0 Å². The normalized spacial score (nSPS) is 12.6. The summed E-state index contributed by atoms with van der Waals surface area (Å²) in [5.74, 6) is 0.682. The molecular weight excluding hydrogens is 908 g/mol. The number of benzene rings is 11. The molecule has 0 atom stereocenters. The lowest BCUT2D eigenvalue weighted by Gasteiger charge is -2.44. The Labute approximate surface area is 439 Å². The Bertz CT molecular complexity index is 3890. The SMILES string of the molecule is CCCCc1ccc(N2c3cc4cc5ccccc5cc4cc3B3c4cc5cc6ccccc6cc5cc4N(c4ccc(CCCC)cc4)c4cc(-c5nc(-c6ccccc6)cc(-c6ccccc6)n5)cc2c43)cc1. The van der Waals surface area contributed by atoms with Gasteiger partial charge in [0.15, 0.2) is 5.82 Å². The van der Waals surface area contributed by atoms with Crippen molar-refractivity contribution in [2.75, 3.05) is 9.80 Å². The first-order valence-electron chi connectivity index (χ1n) is 26.9. The van der Waals surface area contributed by atoms with Crippen LogP contribution in [0.2, 0.25) is 0 Å². The van der Waals surface area contributed by atoms with Crippen LogP contribution in [0.25, 0.3) is 77.0 Å². The van der Waals surface area contributed by atoms with Gasteiger partial charge in [-0.2, -0.15) is 0 Å². The van der Waals surface area contributed by atoms with Gasteiger partial charge in [0.1, 0.15) is 0 Å². The van der Waals surface area contributed by atoms with E-state index >= 15 is 0 Å². The molecule has 0 aliphatic carbocycles. The zero-order valence-electron chi connectivity index (χ0n) is 42.5. The van der Waals surface area contributed by atoms with E-state index in [9.17, 15) is 0 Å². The van der Waals surface area contributed by atoms with E-state index in [-0.39, 0.29) is 6.71 Å². The van der Waals surface area contributed by atoms with Gasteiger partial charge in [-0.25, -0.2) is 9.97 Å². The summed E-state index contributed by atoms with van der Waals surface area (Å²) in [4.78, 5) is 16.1. The molecule has 0 bridgehead atoms. The fraction of sp³-hybridized carbons (Fsp3) is 0.114. The van der Waals surface area contributed by atoms with Gasteiger partial charge in [-0.15, -0.1) is 0 Å². The van der Waals surface area contributed by atoms with Crippen LogP contribution in [0, 0.1) is 0 Å². The number of aromatic nitrogens is 2. The van der Waals surface area contributed by atoms with Crippen LogP contribution in [0.4, 0.5) is 34.1 Å². The molecule has 14 rings (SSSR count). The van der Waals surface area contributed by atoms with Crippen LogP contribution in [0.15, 0.2) is 224 Å². The van der Waals surface area contributed by atoms with Crippen molar-refractivity contribution < 1.29 is 0 Å². The van der Waals surface area contributed by atoms with Crippen LogP contribution in [0.3, 0.4) is 0 Å². The Kier molecular flexibility index (Phi) is 11.1. The first-order valence-corrected chi connectivity index (χ1v) is 26.9. The van der Waals surface area contributed by atoms with Crippen molar-refractivity contribution in [3.8, 4) is 33.9 Å². The highest BCUT2D eigenvalue weighted by atomic mass is 15.2. The summed E-state index contributed by atoms with van der Waals surface area (Å²) >= 11 is 0. The molecule has 0 amide bonds. The highest BCUT2D eigenvalue weighted by molar-refractivity contribution is 7.00. The van der Waals surface area contributed by atoms with Gasteiger partial charge < -0.3 is 9.80 Å². The van der Waals surface area contributed by atoms with Crippen molar-refractivity contribution in [1.82, 2.24) is 9.97 Å². The van der Waals surface area contributed by atoms with Crippen molar-refractivity contribution in [3.05, 3.63) is 236 Å². The number of hydrogen-bond acceptors (Lipinski definition) is 4. The van der Waals surface area contributed by atoms with Crippen LogP contribution in [0.1, 0.15) is 50.7 Å². The molecule has 5 heteroatoms. The Balaban J connectivity index is 1.10. The largest absolute Gasteiger partial charge is 0.311 e. The molecule has 75 heavy (non-hydrogen) atoms. The molecule has 2 aliphatic heterocycles. The van der Waals surface area contributed by atoms with E-state index in [4.69, 9.17) is 9.97 Å². The highest BCUT2D eigenvalue weighted by Gasteiger charge is 2.44. The predicted octanol–water partition coefficient (Wildman–Crippen LogP) is 16.9. The maximum Gasteiger partial charge on any atom is 0.252 e. The molecular formula is C70H55BN4. The Morgan fingerprint density at radius 3 is 1.13 bits per heavy atom. The second-order valence-electron chi connectivity index (χ2n) is 20.7. The summed E-state index contributed by atoms with van der Waals surface area (Å²) in [5.41, 5.74) is 18.3. The van der Waals surface area contributed by atoms with E-state index in [1.807, 2.05) is 0 Å². The van der Waals surface area contributed by atoms with Crippen LogP contribution in [-0.4, -0.2) is 16.7 Å². The summed E-state index contributed by atoms with van der Waals surface area (Å²) in [6.07, 6.45) is 6.76. The molecule has 0 spiro atoms. The van der Waals surface area contributed by atoms with Crippen molar-refractivity contribution >= 4 is 100 Å². The molecule has 0 saturated heterocycles. The molecule has 0 fully saturated rings. The third-order valence-electron chi connectivity index (χ3n) is 15.9. The van der Waals surface area contributed by atoms with E-state index in [0.29, 0.717) is 5.82 Å². The topological polar surface area (TPSA) is 32.3 Å². The molecule has 4 nitrogen and oxygen atoms in total. The average Bonchev–Trinajstić information content (AvgIpc) is 3.48. The summed E-state index contributed by atoms with van der Waals surface area (Å²) in [7, 11) is 0. The standard InChI is InChI=1S/C70H55BN4/c1-3-5-17-46-27-31-59(32-28-46)74-65-41-56-37-52-25-15-13-23-50(52)35-54(56)39-61(65)71-62-40-55-36-51-24-14-16-26-53(51)38-57(55)42-66(62)75(60-33-29-47(30-34-60)18-6-4-2)68-44-58(43-67(74)69(68)71)70-72-63(48-19-9-7-10-20-48)45-64(73-70)49-21-11-8-12-22-49/h7-16,19-45H,3-6,17-18H2,1-2H3. The Hall–Kier alpha value is -8.80. The zero-order valence-corrected chi connectivity index (χ0v) is 42.5. The number of nitrogens with zero attached hydrogens (tertiary/aromatic N) is 4. The maximum atomic E-state index is 5.52. The number of unbranched alkanes of at least 4 members (excludes halogenated alkanes) is 2. The smallest absolute Gasteiger partial charge is 0.252 e. The minimum absolute atomic E-state index is 0.0996. The van der Waals surface area contributed by atoms with Crippen molar-refractivity contribution in [2.45, 2.75) is 52.4 Å². The summed E-state index contributed by atoms with van der Waals surface area (Å²) in [5, 5.41) is 9.87. The second kappa shape index (κ2) is 18.6. The molecule has 358 valence electrons. The first-order chi connectivity index (χ1) is 37.0. The van der Waals surface area contributed by atoms with E-state index in [2.05, 4.69) is 248 Å². The van der Waals surface area contributed by atoms with Crippen LogP contribution < -0.4 is 26.2 Å². The van der Waals surface area contributed by atoms with Crippen LogP contribution >= 0.6 is 0 Å². The van der Waals surface area contributed by atoms with E-state index in [1.54, 1.807) is 0 Å². The lowest BCUT2D eigenvalue weighted by atomic mass is 9.33. The zero-order chi connectivity index (χ0) is 50.0. The van der Waals surface area contributed by atoms with Gasteiger partial charge >= 0.3 is 0 Å². The van der Waals surface area contributed by atoms with Gasteiger partial charge in [0.05, 0.1) is 11.4 Å². The molecule has 0 unspecified atom stereocenters. The van der Waals surface area contributed by atoms with Crippen molar-refractivity contribution in [3.63, 3.8) is 0 Å². The molecule has 1 aromatic heterocycles. The number of hydrogen-bond donors (Lipinski definition) is 0. The summed E-state index contributed by atoms with van der Waals surface area (Å²) in [6.45, 7) is 4.44. The van der Waals surface area contributed by atoms with E-state index in [0.717, 1.165) is 89.4 Å². The Morgan fingerprint density at radius 1 is 0.347 bits per heavy atom. The molecule has 12 aromatic rings. The molecule has 11 aromatic carbocycles. The van der Waals surface area contributed by atoms with E-state index < -0.39 is 0 Å². The average molecular weight is 963 g/mol. The second-order valence-corrected chi connectivity index (χ2v) is 20.7. The number of aryl methyl sites for hydroxylation is 2. The van der Waals surface area contributed by atoms with Crippen molar-refractivity contribution in [1.29, 1.82) is 0 Å². The van der Waals surface area contributed by atoms with Gasteiger partial charge in [0, 0.05) is 50.8 Å². The third-order valence-corrected chi connectivity index (χ3v) is 15.9. The molecule has 0 radical (unpaired) electrons. The predicted molar refractivity (Wildman–Crippen MR) is 320 cm³/mol. The fourth-order valence-electron chi connectivity index (χ4n) is 12.0. The summed E-state index contributed by atoms with van der Waals surface area (Å²) in [6, 6.07) is 83.8. The lowest BCUT2D eigenvalue weighted by molar-refractivity contribution is 0.795. The molecule has 3 heterocycles. The van der Waals surface area contributed by atoms with Gasteiger partial charge in [-0.3, -0.25) is 0 Å². The number of rotatable bonds is 11. The van der Waals surface area contributed by atoms with Crippen LogP contribution in [-0.2, 0) is 12.8 Å². The first kappa shape index (κ1) is 44.9. The third kappa shape index (κ3) is 7.93. The fourth-order valence-corrected chi connectivity index (χ4v) is 12.0. The maximum absolute atomic E-state index is 5.52. The minimum Gasteiger partial charge on any atom is -0.311 e. The summed E-state index contributed by atoms with van der Waals surface area (Å²) < 4.78 is 0. The van der Waals surface area contributed by atoms with Gasteiger partial charge in [0.25, 0.3) is 6.71 Å². The Morgan fingerprint density at radius 2 is 0.733 bits per heavy atom. The van der Waals surface area contributed by atoms with Crippen LogP contribution in [0.5, 0.6) is 0 Å². The van der Waals surface area contributed by atoms with Gasteiger partial charge in [-0.05, 0) is 175 Å². The number of anilines is 6. The van der Waals surface area contributed by atoms with Crippen molar-refractivity contribution in [2.24, 2.45) is 0 Å². The molecule has 0 N–H and O–H groups in total. The monoisotopic (exact) mass is 962 g/mol. The van der Waals surface area contributed by atoms with Gasteiger partial charge in [-0.1, -0.05) is 172 Å².